The molecule has 1 fully saturated rings. The molecule has 1 saturated heterocycles. The molecule has 1 aliphatic rings. The molecule has 0 aromatic heterocycles. The molecule has 3 nitrogen and oxygen atoms in total. The number of amides is 1. The third-order valence-electron chi connectivity index (χ3n) is 2.09. The van der Waals surface area contributed by atoms with Gasteiger partial charge in [0, 0.05) is 30.3 Å². The summed E-state index contributed by atoms with van der Waals surface area (Å²) >= 11 is 1.69. The molecule has 0 aliphatic carbocycles. The first kappa shape index (κ1) is 15.1. The Balaban J connectivity index is 0.00000196. The third kappa shape index (κ3) is 7.03. The zero-order valence-corrected chi connectivity index (χ0v) is 11.3. The van der Waals surface area contributed by atoms with Gasteiger partial charge in [0.2, 0.25) is 5.91 Å². The molecule has 1 aliphatic heterocycles. The van der Waals surface area contributed by atoms with Crippen molar-refractivity contribution >= 4 is 30.1 Å². The number of hydrogen-bond acceptors (Lipinski definition) is 3. The summed E-state index contributed by atoms with van der Waals surface area (Å²) in [6.07, 6.45) is 0. The second kappa shape index (κ2) is 6.61. The van der Waals surface area contributed by atoms with E-state index < -0.39 is 0 Å². The number of rotatable bonds is 4. The van der Waals surface area contributed by atoms with E-state index in [1.54, 1.807) is 11.8 Å². The molecule has 2 N–H and O–H groups in total. The molecule has 1 heterocycles. The monoisotopic (exact) mass is 252 g/mol. The van der Waals surface area contributed by atoms with Gasteiger partial charge in [-0.25, -0.2) is 0 Å². The summed E-state index contributed by atoms with van der Waals surface area (Å²) in [5.74, 6) is 1.39. The first-order valence-corrected chi connectivity index (χ1v) is 6.07. The van der Waals surface area contributed by atoms with Crippen molar-refractivity contribution in [1.82, 2.24) is 10.6 Å². The van der Waals surface area contributed by atoms with Crippen LogP contribution in [-0.2, 0) is 4.79 Å². The lowest BCUT2D eigenvalue weighted by Crippen LogP contribution is -2.48. The van der Waals surface area contributed by atoms with Crippen molar-refractivity contribution in [3.05, 3.63) is 0 Å². The molecule has 0 spiro atoms. The zero-order chi connectivity index (χ0) is 10.6. The molecule has 90 valence electrons. The summed E-state index contributed by atoms with van der Waals surface area (Å²) in [4.78, 5) is 11.4. The number of carbonyl (C=O) groups is 1. The number of halogens is 1. The molecular formula is C10H21ClN2OS. The quantitative estimate of drug-likeness (QED) is 0.792. The van der Waals surface area contributed by atoms with Crippen LogP contribution >= 0.6 is 24.2 Å². The van der Waals surface area contributed by atoms with Gasteiger partial charge in [-0.15, -0.1) is 24.2 Å². The standard InChI is InChI=1S/C10H20N2OS.ClH/c1-10(2,3)14-7-9(13)12-6-8-4-11-5-8;/h8,11H,4-7H2,1-3H3,(H,12,13);1H. The van der Waals surface area contributed by atoms with E-state index in [2.05, 4.69) is 31.4 Å². The van der Waals surface area contributed by atoms with E-state index in [1.807, 2.05) is 0 Å². The number of carbonyl (C=O) groups excluding carboxylic acids is 1. The first-order valence-electron chi connectivity index (χ1n) is 5.09. The maximum Gasteiger partial charge on any atom is 0.230 e. The van der Waals surface area contributed by atoms with Crippen molar-refractivity contribution < 1.29 is 4.79 Å². The summed E-state index contributed by atoms with van der Waals surface area (Å²) in [6.45, 7) is 9.30. The minimum atomic E-state index is 0. The van der Waals surface area contributed by atoms with Gasteiger partial charge in [0.05, 0.1) is 5.75 Å². The Kier molecular flexibility index (Phi) is 6.64. The maximum absolute atomic E-state index is 11.4. The van der Waals surface area contributed by atoms with Crippen LogP contribution in [0.2, 0.25) is 0 Å². The smallest absolute Gasteiger partial charge is 0.230 e. The van der Waals surface area contributed by atoms with Crippen molar-refractivity contribution in [2.45, 2.75) is 25.5 Å². The predicted molar refractivity (Wildman–Crippen MR) is 68.8 cm³/mol. The number of hydrogen-bond donors (Lipinski definition) is 2. The van der Waals surface area contributed by atoms with Gasteiger partial charge in [-0.05, 0) is 0 Å². The molecule has 0 unspecified atom stereocenters. The Labute approximate surface area is 103 Å². The van der Waals surface area contributed by atoms with Gasteiger partial charge < -0.3 is 10.6 Å². The van der Waals surface area contributed by atoms with Gasteiger partial charge in [0.15, 0.2) is 0 Å². The topological polar surface area (TPSA) is 41.1 Å². The van der Waals surface area contributed by atoms with Crippen molar-refractivity contribution in [2.24, 2.45) is 5.92 Å². The Morgan fingerprint density at radius 1 is 1.47 bits per heavy atom. The molecule has 1 amide bonds. The van der Waals surface area contributed by atoms with Gasteiger partial charge >= 0.3 is 0 Å². The summed E-state index contributed by atoms with van der Waals surface area (Å²) in [6, 6.07) is 0. The lowest BCUT2D eigenvalue weighted by molar-refractivity contribution is -0.118. The summed E-state index contributed by atoms with van der Waals surface area (Å²) in [5.41, 5.74) is 0. The van der Waals surface area contributed by atoms with Crippen molar-refractivity contribution in [3.8, 4) is 0 Å². The van der Waals surface area contributed by atoms with E-state index in [0.29, 0.717) is 11.7 Å². The maximum atomic E-state index is 11.4. The van der Waals surface area contributed by atoms with Gasteiger partial charge in [-0.3, -0.25) is 4.79 Å². The Bertz CT molecular complexity index is 202. The number of thioether (sulfide) groups is 1. The highest BCUT2D eigenvalue weighted by Crippen LogP contribution is 2.22. The summed E-state index contributed by atoms with van der Waals surface area (Å²) in [7, 11) is 0. The van der Waals surface area contributed by atoms with Crippen LogP contribution in [0.4, 0.5) is 0 Å². The minimum absolute atomic E-state index is 0. The lowest BCUT2D eigenvalue weighted by atomic mass is 10.0. The SMILES string of the molecule is CC(C)(C)SCC(=O)NCC1CNC1.Cl. The Morgan fingerprint density at radius 3 is 2.47 bits per heavy atom. The van der Waals surface area contributed by atoms with Gasteiger partial charge in [-0.2, -0.15) is 0 Å². The van der Waals surface area contributed by atoms with Gasteiger partial charge in [0.1, 0.15) is 0 Å². The summed E-state index contributed by atoms with van der Waals surface area (Å²) < 4.78 is 0.176. The van der Waals surface area contributed by atoms with Crippen molar-refractivity contribution in [2.75, 3.05) is 25.4 Å². The van der Waals surface area contributed by atoms with Crippen molar-refractivity contribution in [1.29, 1.82) is 0 Å². The van der Waals surface area contributed by atoms with Crippen LogP contribution in [0.3, 0.4) is 0 Å². The number of nitrogens with one attached hydrogen (secondary N) is 2. The average molecular weight is 253 g/mol. The van der Waals surface area contributed by atoms with Crippen LogP contribution in [-0.4, -0.2) is 36.0 Å². The molecule has 0 saturated carbocycles. The van der Waals surface area contributed by atoms with Crippen LogP contribution in [0.5, 0.6) is 0 Å². The van der Waals surface area contributed by atoms with Crippen LogP contribution in [0.25, 0.3) is 0 Å². The second-order valence-corrected chi connectivity index (χ2v) is 6.53. The Morgan fingerprint density at radius 2 is 2.07 bits per heavy atom. The normalized spacial score (nSPS) is 16.5. The molecule has 0 aromatic rings. The Hall–Kier alpha value is 0.0700. The molecule has 15 heavy (non-hydrogen) atoms. The van der Waals surface area contributed by atoms with E-state index in [0.717, 1.165) is 19.6 Å². The van der Waals surface area contributed by atoms with Crippen LogP contribution in [0.1, 0.15) is 20.8 Å². The molecule has 0 bridgehead atoms. The molecule has 0 radical (unpaired) electrons. The van der Waals surface area contributed by atoms with Crippen molar-refractivity contribution in [3.63, 3.8) is 0 Å². The minimum Gasteiger partial charge on any atom is -0.355 e. The van der Waals surface area contributed by atoms with Crippen LogP contribution in [0, 0.1) is 5.92 Å². The summed E-state index contributed by atoms with van der Waals surface area (Å²) in [5, 5.41) is 6.14. The first-order chi connectivity index (χ1) is 6.47. The van der Waals surface area contributed by atoms with E-state index in [-0.39, 0.29) is 23.1 Å². The fourth-order valence-electron chi connectivity index (χ4n) is 1.08. The molecule has 1 rings (SSSR count). The van der Waals surface area contributed by atoms with E-state index in [9.17, 15) is 4.79 Å². The fraction of sp³-hybridized carbons (Fsp3) is 0.900. The van der Waals surface area contributed by atoms with Crippen LogP contribution < -0.4 is 10.6 Å². The van der Waals surface area contributed by atoms with E-state index >= 15 is 0 Å². The largest absolute Gasteiger partial charge is 0.355 e. The molecule has 0 aromatic carbocycles. The molecular weight excluding hydrogens is 232 g/mol. The van der Waals surface area contributed by atoms with Gasteiger partial charge in [0.25, 0.3) is 0 Å². The average Bonchev–Trinajstić information content (AvgIpc) is 1.96. The van der Waals surface area contributed by atoms with Gasteiger partial charge in [-0.1, -0.05) is 20.8 Å². The lowest BCUT2D eigenvalue weighted by Gasteiger charge is -2.27. The highest BCUT2D eigenvalue weighted by molar-refractivity contribution is 8.01. The van der Waals surface area contributed by atoms with E-state index in [4.69, 9.17) is 0 Å². The van der Waals surface area contributed by atoms with E-state index in [1.165, 1.54) is 0 Å². The highest BCUT2D eigenvalue weighted by Gasteiger charge is 2.18. The molecule has 5 heteroatoms. The predicted octanol–water partition coefficient (Wildman–Crippen LogP) is 1.28. The zero-order valence-electron chi connectivity index (χ0n) is 9.63. The second-order valence-electron chi connectivity index (χ2n) is 4.73. The highest BCUT2D eigenvalue weighted by atomic mass is 35.5. The molecule has 0 atom stereocenters. The third-order valence-corrected chi connectivity index (χ3v) is 3.36. The fourth-order valence-corrected chi connectivity index (χ4v) is 1.75. The van der Waals surface area contributed by atoms with Crippen LogP contribution in [0.15, 0.2) is 0 Å².